The number of carbonyl (C=O) groups excluding carboxylic acids is 1. The summed E-state index contributed by atoms with van der Waals surface area (Å²) < 4.78 is 5.27. The highest BCUT2D eigenvalue weighted by Gasteiger charge is 2.59. The van der Waals surface area contributed by atoms with Crippen molar-refractivity contribution in [2.75, 3.05) is 31.6 Å². The fraction of sp³-hybridized carbons (Fsp3) is 0.794. The molecule has 1 saturated heterocycles. The summed E-state index contributed by atoms with van der Waals surface area (Å²) in [7, 11) is 1.62. The third kappa shape index (κ3) is 5.08. The van der Waals surface area contributed by atoms with Gasteiger partial charge in [-0.25, -0.2) is 9.97 Å². The van der Waals surface area contributed by atoms with Gasteiger partial charge in [0.1, 0.15) is 12.1 Å². The first-order valence-electron chi connectivity index (χ1n) is 16.4. The van der Waals surface area contributed by atoms with Crippen molar-refractivity contribution in [3.63, 3.8) is 0 Å². The lowest BCUT2D eigenvalue weighted by Gasteiger charge is -2.58. The Morgan fingerprint density at radius 2 is 1.98 bits per heavy atom. The summed E-state index contributed by atoms with van der Waals surface area (Å²) in [5.74, 6) is 5.42. The molecule has 7 heteroatoms. The van der Waals surface area contributed by atoms with E-state index in [-0.39, 0.29) is 12.1 Å². The molecule has 1 aromatic rings. The van der Waals surface area contributed by atoms with Crippen LogP contribution in [0.2, 0.25) is 0 Å². The maximum atomic E-state index is 13.5. The van der Waals surface area contributed by atoms with E-state index in [1.54, 1.807) is 19.0 Å². The predicted octanol–water partition coefficient (Wildman–Crippen LogP) is 5.88. The third-order valence-electron chi connectivity index (χ3n) is 12.8. The van der Waals surface area contributed by atoms with Crippen molar-refractivity contribution in [3.05, 3.63) is 24.0 Å². The number of carbonyl (C=O) groups is 1. The Morgan fingerprint density at radius 3 is 2.76 bits per heavy atom. The van der Waals surface area contributed by atoms with E-state index in [1.165, 1.54) is 32.1 Å². The molecule has 6 rings (SSSR count). The van der Waals surface area contributed by atoms with Crippen LogP contribution >= 0.6 is 0 Å². The van der Waals surface area contributed by atoms with Gasteiger partial charge in [-0.1, -0.05) is 32.4 Å². The van der Waals surface area contributed by atoms with E-state index in [4.69, 9.17) is 4.74 Å². The number of aliphatic hydroxyl groups is 1. The van der Waals surface area contributed by atoms with Crippen LogP contribution in [0.25, 0.3) is 0 Å². The van der Waals surface area contributed by atoms with Gasteiger partial charge >= 0.3 is 0 Å². The number of amides is 1. The normalized spacial score (nSPS) is 39.3. The van der Waals surface area contributed by atoms with E-state index in [1.807, 2.05) is 6.07 Å². The number of allylic oxidation sites excluding steroid dienone is 1. The lowest BCUT2D eigenvalue weighted by molar-refractivity contribution is -0.134. The van der Waals surface area contributed by atoms with E-state index in [9.17, 15) is 9.90 Å². The number of anilines is 1. The van der Waals surface area contributed by atoms with E-state index in [0.717, 1.165) is 74.8 Å². The van der Waals surface area contributed by atoms with Crippen molar-refractivity contribution in [1.82, 2.24) is 14.9 Å². The van der Waals surface area contributed by atoms with Crippen LogP contribution in [0.1, 0.15) is 91.9 Å². The number of aromatic nitrogens is 2. The van der Waals surface area contributed by atoms with Crippen molar-refractivity contribution < 1.29 is 14.6 Å². The fourth-order valence-corrected chi connectivity index (χ4v) is 10.5. The molecule has 2 heterocycles. The van der Waals surface area contributed by atoms with Crippen molar-refractivity contribution in [2.24, 2.45) is 40.4 Å². The molecule has 0 radical (unpaired) electrons. The smallest absolute Gasteiger partial charge is 0.222 e. The number of hydrogen-bond acceptors (Lipinski definition) is 6. The minimum Gasteiger partial charge on any atom is -0.481 e. The zero-order valence-electron chi connectivity index (χ0n) is 26.0. The monoisotopic (exact) mass is 564 g/mol. The number of rotatable bonds is 6. The maximum absolute atomic E-state index is 13.5. The van der Waals surface area contributed by atoms with Crippen molar-refractivity contribution >= 4 is 11.7 Å². The van der Waals surface area contributed by atoms with Gasteiger partial charge in [0.05, 0.1) is 13.2 Å². The van der Waals surface area contributed by atoms with E-state index in [0.29, 0.717) is 35.0 Å². The Kier molecular flexibility index (Phi) is 7.88. The second kappa shape index (κ2) is 11.2. The summed E-state index contributed by atoms with van der Waals surface area (Å²) in [6.45, 7) is 12.0. The highest BCUT2D eigenvalue weighted by molar-refractivity contribution is 5.77. The number of aliphatic hydroxyl groups excluding tert-OH is 1. The van der Waals surface area contributed by atoms with Gasteiger partial charge in [-0.2, -0.15) is 0 Å². The second-order valence-electron chi connectivity index (χ2n) is 14.7. The molecule has 0 aromatic carbocycles. The largest absolute Gasteiger partial charge is 0.481 e. The molecule has 7 nitrogen and oxygen atoms in total. The molecule has 41 heavy (non-hydrogen) atoms. The molecular formula is C34H52N4O3. The quantitative estimate of drug-likeness (QED) is 0.435. The van der Waals surface area contributed by atoms with Gasteiger partial charge < -0.3 is 19.6 Å². The standard InChI is InChI=1S/C34H52N4O3/c1-22(6-11-32(40)38-17-16-37(20-23(38)2)30-19-31(41-5)36-21-35-30)27-9-10-28-26-8-7-24-18-25(39)12-14-33(24,3)29(26)13-15-34(27,28)4/h7,19,21-23,25-29,39H,6,8-18,20H2,1-5H3/t22?,23-,25-,26-,27+,28-,29-,33-,34+/m0/s1. The molecule has 3 saturated carbocycles. The summed E-state index contributed by atoms with van der Waals surface area (Å²) in [6.07, 6.45) is 15.2. The lowest BCUT2D eigenvalue weighted by atomic mass is 9.47. The first-order valence-corrected chi connectivity index (χ1v) is 16.4. The van der Waals surface area contributed by atoms with Gasteiger partial charge in [0.25, 0.3) is 0 Å². The van der Waals surface area contributed by atoms with Crippen LogP contribution in [-0.4, -0.2) is 64.8 Å². The number of fused-ring (bicyclic) bond motifs is 5. The van der Waals surface area contributed by atoms with Crippen LogP contribution in [-0.2, 0) is 4.79 Å². The number of methoxy groups -OCH3 is 1. The molecule has 4 aliphatic carbocycles. The second-order valence-corrected chi connectivity index (χ2v) is 14.7. The minimum absolute atomic E-state index is 0.131. The Balaban J connectivity index is 1.05. The van der Waals surface area contributed by atoms with Crippen LogP contribution in [0.4, 0.5) is 5.82 Å². The van der Waals surface area contributed by atoms with Crippen molar-refractivity contribution in [3.8, 4) is 5.88 Å². The molecule has 0 bridgehead atoms. The summed E-state index contributed by atoms with van der Waals surface area (Å²) in [5, 5.41) is 10.3. The van der Waals surface area contributed by atoms with Crippen LogP contribution < -0.4 is 9.64 Å². The van der Waals surface area contributed by atoms with Gasteiger partial charge in [0, 0.05) is 38.2 Å². The van der Waals surface area contributed by atoms with Gasteiger partial charge in [-0.3, -0.25) is 4.79 Å². The average Bonchev–Trinajstić information content (AvgIpc) is 3.33. The van der Waals surface area contributed by atoms with Crippen LogP contribution in [0, 0.1) is 40.4 Å². The Morgan fingerprint density at radius 1 is 1.15 bits per heavy atom. The van der Waals surface area contributed by atoms with Gasteiger partial charge in [0.15, 0.2) is 0 Å². The molecule has 5 aliphatic rings. The molecule has 1 amide bonds. The van der Waals surface area contributed by atoms with E-state index < -0.39 is 0 Å². The molecule has 0 spiro atoms. The van der Waals surface area contributed by atoms with Crippen LogP contribution in [0.5, 0.6) is 5.88 Å². The SMILES string of the molecule is COc1cc(N2CCN(C(=O)CCC(C)[C@H]3CC[C@H]4[C@@H]5CC=C6C[C@@H](O)CC[C@]6(C)[C@H]5CC[C@]34C)[C@@H](C)C2)ncn1. The molecule has 1 N–H and O–H groups in total. The number of nitrogens with zero attached hydrogens (tertiary/aromatic N) is 4. The molecule has 4 fully saturated rings. The Hall–Kier alpha value is -2.15. The molecule has 1 aliphatic heterocycles. The average molecular weight is 565 g/mol. The summed E-state index contributed by atoms with van der Waals surface area (Å²) in [6, 6.07) is 2.03. The first-order chi connectivity index (χ1) is 19.6. The topological polar surface area (TPSA) is 78.8 Å². The number of ether oxygens (including phenoxy) is 1. The van der Waals surface area contributed by atoms with E-state index >= 15 is 0 Å². The maximum Gasteiger partial charge on any atom is 0.222 e. The van der Waals surface area contributed by atoms with Crippen molar-refractivity contribution in [1.29, 1.82) is 0 Å². The van der Waals surface area contributed by atoms with E-state index in [2.05, 4.69) is 53.5 Å². The third-order valence-corrected chi connectivity index (χ3v) is 12.8. The van der Waals surface area contributed by atoms with Crippen LogP contribution in [0.15, 0.2) is 24.0 Å². The Labute approximate surface area is 247 Å². The van der Waals surface area contributed by atoms with Crippen LogP contribution in [0.3, 0.4) is 0 Å². The minimum atomic E-state index is -0.131. The molecule has 1 unspecified atom stereocenters. The van der Waals surface area contributed by atoms with Gasteiger partial charge in [-0.05, 0) is 105 Å². The lowest BCUT2D eigenvalue weighted by Crippen LogP contribution is -2.54. The van der Waals surface area contributed by atoms with Gasteiger partial charge in [-0.15, -0.1) is 0 Å². The zero-order chi connectivity index (χ0) is 28.9. The highest BCUT2D eigenvalue weighted by atomic mass is 16.5. The predicted molar refractivity (Wildman–Crippen MR) is 162 cm³/mol. The van der Waals surface area contributed by atoms with Gasteiger partial charge in [0.2, 0.25) is 11.8 Å². The first kappa shape index (κ1) is 28.9. The van der Waals surface area contributed by atoms with Crippen molar-refractivity contribution in [2.45, 2.75) is 104 Å². The summed E-state index contributed by atoms with van der Waals surface area (Å²) >= 11 is 0. The Bertz CT molecular complexity index is 1160. The molecule has 1 aromatic heterocycles. The summed E-state index contributed by atoms with van der Waals surface area (Å²) in [5.41, 5.74) is 2.27. The number of piperazine rings is 1. The molecule has 9 atom stereocenters. The fourth-order valence-electron chi connectivity index (χ4n) is 10.5. The summed E-state index contributed by atoms with van der Waals surface area (Å²) in [4.78, 5) is 26.3. The number of hydrogen-bond donors (Lipinski definition) is 1. The highest BCUT2D eigenvalue weighted by Crippen LogP contribution is 2.67. The molecule has 226 valence electrons. The zero-order valence-corrected chi connectivity index (χ0v) is 26.0. The molecular weight excluding hydrogens is 512 g/mol.